The van der Waals surface area contributed by atoms with E-state index in [0.717, 1.165) is 33.9 Å². The summed E-state index contributed by atoms with van der Waals surface area (Å²) in [6.07, 6.45) is 1.48. The fourth-order valence-electron chi connectivity index (χ4n) is 4.72. The Hall–Kier alpha value is -4.13. The van der Waals surface area contributed by atoms with Crippen molar-refractivity contribution in [1.82, 2.24) is 10.3 Å². The van der Waals surface area contributed by atoms with Gasteiger partial charge in [0.15, 0.2) is 0 Å². The van der Waals surface area contributed by atoms with Crippen LogP contribution in [0.2, 0.25) is 0 Å². The van der Waals surface area contributed by atoms with E-state index in [1.807, 2.05) is 78.9 Å². The summed E-state index contributed by atoms with van der Waals surface area (Å²) < 4.78 is 11.0. The molecule has 0 aliphatic carbocycles. The predicted molar refractivity (Wildman–Crippen MR) is 137 cm³/mol. The summed E-state index contributed by atoms with van der Waals surface area (Å²) in [5, 5.41) is 9.32. The average molecular weight is 484 g/mol. The van der Waals surface area contributed by atoms with Gasteiger partial charge >= 0.3 is 0 Å². The standard InChI is InChI=1S/C29H29N3O4/c1-35-22-13-11-21(12-14-22)26-19-25(20-7-3-2-4-8-20)31-32(26)29(34)16-15-28(33)30-24-17-18-36-27-10-6-5-9-23(24)27/h2-14,24,26H,15-19H2,1H3,(H,30,33)/t24-,26-/m1/s1. The number of methoxy groups -OCH3 is 1. The van der Waals surface area contributed by atoms with Gasteiger partial charge in [-0.15, -0.1) is 0 Å². The Morgan fingerprint density at radius 1 is 1.00 bits per heavy atom. The van der Waals surface area contributed by atoms with Crippen molar-refractivity contribution in [2.45, 2.75) is 37.8 Å². The van der Waals surface area contributed by atoms with E-state index in [-0.39, 0.29) is 36.7 Å². The van der Waals surface area contributed by atoms with Gasteiger partial charge in [-0.25, -0.2) is 5.01 Å². The molecule has 0 unspecified atom stereocenters. The summed E-state index contributed by atoms with van der Waals surface area (Å²) in [5.41, 5.74) is 3.79. The minimum absolute atomic E-state index is 0.0783. The van der Waals surface area contributed by atoms with Crippen molar-refractivity contribution < 1.29 is 19.1 Å². The predicted octanol–water partition coefficient (Wildman–Crippen LogP) is 4.79. The molecule has 0 saturated heterocycles. The van der Waals surface area contributed by atoms with E-state index in [2.05, 4.69) is 5.32 Å². The summed E-state index contributed by atoms with van der Waals surface area (Å²) >= 11 is 0. The molecule has 0 spiro atoms. The Morgan fingerprint density at radius 2 is 1.75 bits per heavy atom. The number of nitrogens with one attached hydrogen (secondary N) is 1. The highest BCUT2D eigenvalue weighted by Gasteiger charge is 2.33. The van der Waals surface area contributed by atoms with Crippen LogP contribution in [0.1, 0.15) is 54.5 Å². The molecule has 1 N–H and O–H groups in total. The molecule has 3 aromatic carbocycles. The normalized spacial score (nSPS) is 18.6. The number of carbonyl (C=O) groups excluding carboxylic acids is 2. The molecule has 0 bridgehead atoms. The second-order valence-corrected chi connectivity index (χ2v) is 8.94. The molecule has 2 aliphatic heterocycles. The van der Waals surface area contributed by atoms with Crippen LogP contribution in [0.25, 0.3) is 0 Å². The van der Waals surface area contributed by atoms with Gasteiger partial charge in [-0.05, 0) is 29.3 Å². The Labute approximate surface area is 210 Å². The van der Waals surface area contributed by atoms with Crippen molar-refractivity contribution in [3.63, 3.8) is 0 Å². The van der Waals surface area contributed by atoms with E-state index in [9.17, 15) is 9.59 Å². The third-order valence-corrected chi connectivity index (χ3v) is 6.63. The highest BCUT2D eigenvalue weighted by Crippen LogP contribution is 2.35. The third kappa shape index (κ3) is 5.10. The summed E-state index contributed by atoms with van der Waals surface area (Å²) in [6.45, 7) is 0.551. The summed E-state index contributed by atoms with van der Waals surface area (Å²) in [4.78, 5) is 26.1. The second-order valence-electron chi connectivity index (χ2n) is 8.94. The molecule has 3 aromatic rings. The van der Waals surface area contributed by atoms with Crippen LogP contribution in [0.5, 0.6) is 11.5 Å². The lowest BCUT2D eigenvalue weighted by molar-refractivity contribution is -0.135. The molecule has 0 saturated carbocycles. The van der Waals surface area contributed by atoms with Crippen LogP contribution in [-0.4, -0.2) is 36.3 Å². The molecule has 0 aromatic heterocycles. The molecule has 7 heteroatoms. The van der Waals surface area contributed by atoms with Crippen LogP contribution in [0.15, 0.2) is 84.0 Å². The fourth-order valence-corrected chi connectivity index (χ4v) is 4.72. The fraction of sp³-hybridized carbons (Fsp3) is 0.276. The molecule has 36 heavy (non-hydrogen) atoms. The zero-order valence-electron chi connectivity index (χ0n) is 20.2. The van der Waals surface area contributed by atoms with Crippen molar-refractivity contribution >= 4 is 17.5 Å². The first-order chi connectivity index (χ1) is 17.6. The maximum Gasteiger partial charge on any atom is 0.243 e. The molecule has 7 nitrogen and oxygen atoms in total. The number of hydrazone groups is 1. The first kappa shape index (κ1) is 23.6. The van der Waals surface area contributed by atoms with E-state index in [4.69, 9.17) is 14.6 Å². The lowest BCUT2D eigenvalue weighted by Crippen LogP contribution is -2.33. The summed E-state index contributed by atoms with van der Waals surface area (Å²) in [5.74, 6) is 1.22. The monoisotopic (exact) mass is 483 g/mol. The minimum Gasteiger partial charge on any atom is -0.497 e. The van der Waals surface area contributed by atoms with Crippen molar-refractivity contribution in [3.05, 3.63) is 95.6 Å². The van der Waals surface area contributed by atoms with E-state index in [1.165, 1.54) is 0 Å². The topological polar surface area (TPSA) is 80.2 Å². The zero-order valence-corrected chi connectivity index (χ0v) is 20.2. The number of carbonyl (C=O) groups is 2. The number of amides is 2. The van der Waals surface area contributed by atoms with Crippen LogP contribution < -0.4 is 14.8 Å². The number of rotatable bonds is 7. The lowest BCUT2D eigenvalue weighted by Gasteiger charge is -2.27. The molecule has 2 aliphatic rings. The van der Waals surface area contributed by atoms with Gasteiger partial charge in [0.1, 0.15) is 11.5 Å². The molecule has 2 amide bonds. The third-order valence-electron chi connectivity index (χ3n) is 6.63. The summed E-state index contributed by atoms with van der Waals surface area (Å²) in [7, 11) is 1.63. The lowest BCUT2D eigenvalue weighted by atomic mass is 9.98. The Bertz CT molecular complexity index is 1260. The quantitative estimate of drug-likeness (QED) is 0.524. The Kier molecular flexibility index (Phi) is 6.98. The van der Waals surface area contributed by atoms with E-state index >= 15 is 0 Å². The van der Waals surface area contributed by atoms with Crippen LogP contribution in [0, 0.1) is 0 Å². The number of nitrogens with zero attached hydrogens (tertiary/aromatic N) is 2. The molecule has 0 radical (unpaired) electrons. The van der Waals surface area contributed by atoms with Crippen molar-refractivity contribution in [1.29, 1.82) is 0 Å². The summed E-state index contributed by atoms with van der Waals surface area (Å²) in [6, 6.07) is 25.0. The Balaban J connectivity index is 1.28. The molecule has 2 atom stereocenters. The molecular formula is C29H29N3O4. The maximum absolute atomic E-state index is 13.3. The van der Waals surface area contributed by atoms with Gasteiger partial charge in [0.05, 0.1) is 31.5 Å². The van der Waals surface area contributed by atoms with E-state index in [0.29, 0.717) is 19.4 Å². The second kappa shape index (κ2) is 10.6. The molecule has 5 rings (SSSR count). The number of benzene rings is 3. The van der Waals surface area contributed by atoms with Crippen molar-refractivity contribution in [2.75, 3.05) is 13.7 Å². The number of hydrogen-bond acceptors (Lipinski definition) is 5. The van der Waals surface area contributed by atoms with Gasteiger partial charge in [-0.3, -0.25) is 9.59 Å². The van der Waals surface area contributed by atoms with Gasteiger partial charge in [-0.1, -0.05) is 60.7 Å². The van der Waals surface area contributed by atoms with E-state index in [1.54, 1.807) is 12.1 Å². The van der Waals surface area contributed by atoms with Gasteiger partial charge in [0.2, 0.25) is 11.8 Å². The van der Waals surface area contributed by atoms with Crippen LogP contribution in [0.3, 0.4) is 0 Å². The van der Waals surface area contributed by atoms with Gasteiger partial charge in [-0.2, -0.15) is 5.10 Å². The molecule has 0 fully saturated rings. The Morgan fingerprint density at radius 3 is 2.53 bits per heavy atom. The average Bonchev–Trinajstić information content (AvgIpc) is 3.38. The van der Waals surface area contributed by atoms with Crippen molar-refractivity contribution in [2.24, 2.45) is 5.10 Å². The van der Waals surface area contributed by atoms with Crippen LogP contribution >= 0.6 is 0 Å². The number of fused-ring (bicyclic) bond motifs is 1. The zero-order chi connectivity index (χ0) is 24.9. The number of para-hydroxylation sites is 1. The highest BCUT2D eigenvalue weighted by atomic mass is 16.5. The minimum atomic E-state index is -0.232. The smallest absolute Gasteiger partial charge is 0.243 e. The number of ether oxygens (including phenoxy) is 2. The SMILES string of the molecule is COc1ccc([C@H]2CC(c3ccccc3)=NN2C(=O)CCC(=O)N[C@@H]2CCOc3ccccc32)cc1. The molecule has 184 valence electrons. The molecule has 2 heterocycles. The van der Waals surface area contributed by atoms with Crippen LogP contribution in [0.4, 0.5) is 0 Å². The van der Waals surface area contributed by atoms with Gasteiger partial charge in [0, 0.05) is 31.2 Å². The van der Waals surface area contributed by atoms with E-state index < -0.39 is 0 Å². The first-order valence-corrected chi connectivity index (χ1v) is 12.2. The van der Waals surface area contributed by atoms with Crippen molar-refractivity contribution in [3.8, 4) is 11.5 Å². The van der Waals surface area contributed by atoms with Crippen LogP contribution in [-0.2, 0) is 9.59 Å². The largest absolute Gasteiger partial charge is 0.497 e. The van der Waals surface area contributed by atoms with Gasteiger partial charge < -0.3 is 14.8 Å². The maximum atomic E-state index is 13.3. The molecular weight excluding hydrogens is 454 g/mol. The number of hydrogen-bond donors (Lipinski definition) is 1. The first-order valence-electron chi connectivity index (χ1n) is 12.2. The highest BCUT2D eigenvalue weighted by molar-refractivity contribution is 6.03. The van der Waals surface area contributed by atoms with Gasteiger partial charge in [0.25, 0.3) is 0 Å².